The van der Waals surface area contributed by atoms with Gasteiger partial charge in [-0.15, -0.1) is 0 Å². The number of rotatable bonds is 3. The van der Waals surface area contributed by atoms with Gasteiger partial charge >= 0.3 is 0 Å². The number of nitrogens with zero attached hydrogens (tertiary/aromatic N) is 4. The summed E-state index contributed by atoms with van der Waals surface area (Å²) >= 11 is 0. The van der Waals surface area contributed by atoms with E-state index in [-0.39, 0.29) is 5.56 Å². The molecule has 0 amide bonds. The molecule has 0 spiro atoms. The summed E-state index contributed by atoms with van der Waals surface area (Å²) in [5, 5.41) is 13.3. The second-order valence-electron chi connectivity index (χ2n) is 5.18. The zero-order valence-electron chi connectivity index (χ0n) is 11.2. The van der Waals surface area contributed by atoms with Crippen molar-refractivity contribution in [2.24, 2.45) is 5.92 Å². The highest BCUT2D eigenvalue weighted by Crippen LogP contribution is 2.32. The molecule has 1 aliphatic carbocycles. The van der Waals surface area contributed by atoms with Crippen LogP contribution in [-0.2, 0) is 13.0 Å². The van der Waals surface area contributed by atoms with E-state index < -0.39 is 0 Å². The van der Waals surface area contributed by atoms with E-state index in [9.17, 15) is 10.1 Å². The van der Waals surface area contributed by atoms with Gasteiger partial charge in [-0.3, -0.25) is 4.79 Å². The van der Waals surface area contributed by atoms with E-state index in [1.54, 1.807) is 0 Å². The molecule has 1 fully saturated rings. The normalized spacial score (nSPS) is 14.8. The molecule has 0 atom stereocenters. The Labute approximate surface area is 111 Å². The summed E-state index contributed by atoms with van der Waals surface area (Å²) in [4.78, 5) is 12.3. The third-order valence-corrected chi connectivity index (χ3v) is 3.90. The van der Waals surface area contributed by atoms with Gasteiger partial charge in [-0.05, 0) is 32.1 Å². The standard InChI is InChI=1S/C14H16N4O/c1-3-12-9(2)17(8-10-4-5-10)13-11(6-15)7-16-18(13)14(12)19/h7,10H,3-5,8H2,1-2H3. The van der Waals surface area contributed by atoms with Gasteiger partial charge in [0.15, 0.2) is 5.65 Å². The summed E-state index contributed by atoms with van der Waals surface area (Å²) in [7, 11) is 0. The Morgan fingerprint density at radius 3 is 2.84 bits per heavy atom. The lowest BCUT2D eigenvalue weighted by Gasteiger charge is -2.15. The van der Waals surface area contributed by atoms with Crippen LogP contribution in [0.3, 0.4) is 0 Å². The van der Waals surface area contributed by atoms with Gasteiger partial charge in [-0.1, -0.05) is 6.92 Å². The molecule has 0 saturated heterocycles. The second kappa shape index (κ2) is 4.23. The van der Waals surface area contributed by atoms with Crippen LogP contribution >= 0.6 is 0 Å². The van der Waals surface area contributed by atoms with Gasteiger partial charge < -0.3 is 4.57 Å². The molecule has 5 nitrogen and oxygen atoms in total. The minimum Gasteiger partial charge on any atom is -0.328 e. The van der Waals surface area contributed by atoms with E-state index in [4.69, 9.17) is 0 Å². The number of nitriles is 1. The Balaban J connectivity index is 2.38. The van der Waals surface area contributed by atoms with Gasteiger partial charge in [0.25, 0.3) is 5.56 Å². The smallest absolute Gasteiger partial charge is 0.277 e. The fourth-order valence-corrected chi connectivity index (χ4v) is 2.62. The van der Waals surface area contributed by atoms with E-state index in [0.717, 1.165) is 17.8 Å². The Bertz CT molecular complexity index is 743. The van der Waals surface area contributed by atoms with Crippen molar-refractivity contribution in [1.82, 2.24) is 14.2 Å². The number of hydrogen-bond acceptors (Lipinski definition) is 3. The molecule has 3 rings (SSSR count). The van der Waals surface area contributed by atoms with Crippen LogP contribution in [-0.4, -0.2) is 14.2 Å². The van der Waals surface area contributed by atoms with Crippen LogP contribution in [0.2, 0.25) is 0 Å². The largest absolute Gasteiger partial charge is 0.328 e. The maximum atomic E-state index is 12.3. The molecule has 98 valence electrons. The zero-order chi connectivity index (χ0) is 13.6. The summed E-state index contributed by atoms with van der Waals surface area (Å²) in [6.07, 6.45) is 4.64. The van der Waals surface area contributed by atoms with E-state index in [1.165, 1.54) is 23.6 Å². The van der Waals surface area contributed by atoms with Crippen LogP contribution < -0.4 is 5.56 Å². The topological polar surface area (TPSA) is 63.1 Å². The first-order valence-corrected chi connectivity index (χ1v) is 6.67. The van der Waals surface area contributed by atoms with Crippen molar-refractivity contribution in [3.05, 3.63) is 33.4 Å². The Morgan fingerprint density at radius 1 is 1.53 bits per heavy atom. The van der Waals surface area contributed by atoms with Crippen molar-refractivity contribution in [1.29, 1.82) is 5.26 Å². The summed E-state index contributed by atoms with van der Waals surface area (Å²) < 4.78 is 3.48. The van der Waals surface area contributed by atoms with Crippen LogP contribution in [0.5, 0.6) is 0 Å². The molecule has 2 aromatic rings. The van der Waals surface area contributed by atoms with Gasteiger partial charge in [-0.25, -0.2) is 0 Å². The predicted molar refractivity (Wildman–Crippen MR) is 71.0 cm³/mol. The van der Waals surface area contributed by atoms with E-state index in [1.807, 2.05) is 13.8 Å². The Hall–Kier alpha value is -2.09. The second-order valence-corrected chi connectivity index (χ2v) is 5.18. The van der Waals surface area contributed by atoms with Crippen molar-refractivity contribution in [2.45, 2.75) is 39.7 Å². The average Bonchev–Trinajstić information content (AvgIpc) is 3.12. The highest BCUT2D eigenvalue weighted by atomic mass is 16.1. The summed E-state index contributed by atoms with van der Waals surface area (Å²) in [6.45, 7) is 4.82. The van der Waals surface area contributed by atoms with Crippen LogP contribution in [0.25, 0.3) is 5.65 Å². The Kier molecular flexibility index (Phi) is 2.67. The zero-order valence-corrected chi connectivity index (χ0v) is 11.2. The van der Waals surface area contributed by atoms with Gasteiger partial charge in [-0.2, -0.15) is 14.9 Å². The molecule has 1 aliphatic rings. The molecule has 0 radical (unpaired) electrons. The lowest BCUT2D eigenvalue weighted by atomic mass is 10.1. The van der Waals surface area contributed by atoms with Crippen LogP contribution in [0.4, 0.5) is 0 Å². The fourth-order valence-electron chi connectivity index (χ4n) is 2.62. The van der Waals surface area contributed by atoms with Crippen molar-refractivity contribution < 1.29 is 0 Å². The molecular weight excluding hydrogens is 240 g/mol. The van der Waals surface area contributed by atoms with Gasteiger partial charge in [0.05, 0.1) is 6.20 Å². The molecule has 2 aromatic heterocycles. The third-order valence-electron chi connectivity index (χ3n) is 3.90. The lowest BCUT2D eigenvalue weighted by molar-refractivity contribution is 0.602. The van der Waals surface area contributed by atoms with Crippen molar-refractivity contribution in [3.8, 4) is 6.07 Å². The lowest BCUT2D eigenvalue weighted by Crippen LogP contribution is -2.26. The third kappa shape index (κ3) is 1.75. The van der Waals surface area contributed by atoms with E-state index in [0.29, 0.717) is 23.5 Å². The van der Waals surface area contributed by atoms with Crippen LogP contribution in [0.15, 0.2) is 11.0 Å². The van der Waals surface area contributed by atoms with Gasteiger partial charge in [0, 0.05) is 17.8 Å². The SMILES string of the molecule is CCc1c(C)n(CC2CC2)c2c(C#N)cnn2c1=O. The average molecular weight is 256 g/mol. The van der Waals surface area contributed by atoms with Crippen LogP contribution in [0.1, 0.15) is 36.6 Å². The number of aromatic nitrogens is 3. The molecule has 1 saturated carbocycles. The molecule has 0 aliphatic heterocycles. The minimum absolute atomic E-state index is 0.0939. The number of fused-ring (bicyclic) bond motifs is 1. The summed E-state index contributed by atoms with van der Waals surface area (Å²) in [5.74, 6) is 0.677. The van der Waals surface area contributed by atoms with E-state index >= 15 is 0 Å². The first-order chi connectivity index (χ1) is 9.17. The first kappa shape index (κ1) is 12.0. The number of hydrogen-bond donors (Lipinski definition) is 0. The first-order valence-electron chi connectivity index (χ1n) is 6.67. The van der Waals surface area contributed by atoms with Crippen LogP contribution in [0, 0.1) is 24.2 Å². The maximum absolute atomic E-state index is 12.3. The van der Waals surface area contributed by atoms with Crippen molar-refractivity contribution in [2.75, 3.05) is 0 Å². The molecule has 0 N–H and O–H groups in total. The molecule has 5 heteroatoms. The predicted octanol–water partition coefficient (Wildman–Crippen LogP) is 1.65. The highest BCUT2D eigenvalue weighted by molar-refractivity contribution is 5.56. The fraction of sp³-hybridized carbons (Fsp3) is 0.500. The maximum Gasteiger partial charge on any atom is 0.277 e. The minimum atomic E-state index is -0.0939. The van der Waals surface area contributed by atoms with Crippen molar-refractivity contribution >= 4 is 5.65 Å². The molecule has 0 bridgehead atoms. The molecular formula is C14H16N4O. The van der Waals surface area contributed by atoms with E-state index in [2.05, 4.69) is 15.7 Å². The Morgan fingerprint density at radius 2 is 2.26 bits per heavy atom. The highest BCUT2D eigenvalue weighted by Gasteiger charge is 2.25. The van der Waals surface area contributed by atoms with Crippen molar-refractivity contribution in [3.63, 3.8) is 0 Å². The summed E-state index contributed by atoms with van der Waals surface area (Å²) in [6, 6.07) is 2.13. The molecule has 0 unspecified atom stereocenters. The molecule has 2 heterocycles. The monoisotopic (exact) mass is 256 g/mol. The molecule has 19 heavy (non-hydrogen) atoms. The molecule has 0 aromatic carbocycles. The van der Waals surface area contributed by atoms with Gasteiger partial charge in [0.2, 0.25) is 0 Å². The quantitative estimate of drug-likeness (QED) is 0.838. The van der Waals surface area contributed by atoms with Gasteiger partial charge in [0.1, 0.15) is 11.6 Å². The summed E-state index contributed by atoms with van der Waals surface area (Å²) in [5.41, 5.74) is 2.80.